The van der Waals surface area contributed by atoms with Gasteiger partial charge in [0.25, 0.3) is 10.0 Å². The summed E-state index contributed by atoms with van der Waals surface area (Å²) in [6.45, 7) is 11.0. The molecule has 1 aromatic carbocycles. The predicted octanol–water partition coefficient (Wildman–Crippen LogP) is 4.79. The zero-order valence-electron chi connectivity index (χ0n) is 19.9. The molecule has 0 saturated carbocycles. The minimum absolute atomic E-state index is 0.0386. The number of fused-ring (bicyclic) bond motifs is 1. The maximum atomic E-state index is 13.4. The summed E-state index contributed by atoms with van der Waals surface area (Å²) in [5.74, 6) is 0.679. The molecule has 3 heterocycles. The van der Waals surface area contributed by atoms with Crippen molar-refractivity contribution in [2.24, 2.45) is 0 Å². The quantitative estimate of drug-likeness (QED) is 0.467. The molecule has 4 rings (SSSR count). The Morgan fingerprint density at radius 1 is 1.15 bits per heavy atom. The lowest BCUT2D eigenvalue weighted by Crippen LogP contribution is -2.54. The third kappa shape index (κ3) is 4.65. The smallest absolute Gasteiger partial charge is 0.410 e. The van der Waals surface area contributed by atoms with Crippen molar-refractivity contribution in [1.82, 2.24) is 13.9 Å². The number of aryl methyl sites for hydroxylation is 1. The Balaban J connectivity index is 1.68. The largest absolute Gasteiger partial charge is 0.444 e. The van der Waals surface area contributed by atoms with Crippen LogP contribution in [-0.4, -0.2) is 59.6 Å². The van der Waals surface area contributed by atoms with Crippen LogP contribution in [0.4, 0.5) is 10.6 Å². The molecular weight excluding hydrogens is 520 g/mol. The fourth-order valence-corrected chi connectivity index (χ4v) is 6.18. The lowest BCUT2D eigenvalue weighted by molar-refractivity contribution is 0.0218. The van der Waals surface area contributed by atoms with Crippen molar-refractivity contribution in [3.05, 3.63) is 52.8 Å². The number of pyridine rings is 1. The van der Waals surface area contributed by atoms with E-state index in [2.05, 4.69) is 25.8 Å². The molecular formula is C24H29BrN4O4S. The number of benzene rings is 1. The van der Waals surface area contributed by atoms with Crippen LogP contribution in [0, 0.1) is 6.92 Å². The van der Waals surface area contributed by atoms with Gasteiger partial charge in [-0.25, -0.2) is 22.2 Å². The Morgan fingerprint density at radius 2 is 1.82 bits per heavy atom. The van der Waals surface area contributed by atoms with E-state index in [1.807, 2.05) is 34.6 Å². The van der Waals surface area contributed by atoms with Crippen molar-refractivity contribution >= 4 is 48.8 Å². The molecule has 8 nitrogen and oxygen atoms in total. The number of anilines is 1. The van der Waals surface area contributed by atoms with Crippen LogP contribution in [0.15, 0.2) is 52.1 Å². The van der Waals surface area contributed by atoms with Gasteiger partial charge in [0, 0.05) is 42.5 Å². The molecule has 10 heteroatoms. The number of piperazine rings is 1. The van der Waals surface area contributed by atoms with E-state index in [1.165, 1.54) is 3.97 Å². The van der Waals surface area contributed by atoms with E-state index in [4.69, 9.17) is 4.74 Å². The van der Waals surface area contributed by atoms with Gasteiger partial charge in [-0.3, -0.25) is 0 Å². The van der Waals surface area contributed by atoms with Gasteiger partial charge in [-0.1, -0.05) is 17.7 Å². The third-order valence-electron chi connectivity index (χ3n) is 5.74. The van der Waals surface area contributed by atoms with Crippen molar-refractivity contribution in [2.75, 3.05) is 24.5 Å². The maximum Gasteiger partial charge on any atom is 0.410 e. The highest BCUT2D eigenvalue weighted by atomic mass is 79.9. The second-order valence-electron chi connectivity index (χ2n) is 9.59. The first-order chi connectivity index (χ1) is 15.9. The molecule has 1 saturated heterocycles. The predicted molar refractivity (Wildman–Crippen MR) is 136 cm³/mol. The normalized spacial score (nSPS) is 17.3. The molecule has 0 radical (unpaired) electrons. The van der Waals surface area contributed by atoms with E-state index in [9.17, 15) is 13.2 Å². The molecule has 2 aromatic heterocycles. The first-order valence-corrected chi connectivity index (χ1v) is 13.3. The molecule has 3 aromatic rings. The van der Waals surface area contributed by atoms with Crippen LogP contribution in [0.5, 0.6) is 0 Å². The molecule has 1 fully saturated rings. The number of hydrogen-bond acceptors (Lipinski definition) is 6. The van der Waals surface area contributed by atoms with Gasteiger partial charge in [0.05, 0.1) is 15.8 Å². The molecule has 0 spiro atoms. The van der Waals surface area contributed by atoms with Gasteiger partial charge in [0.2, 0.25) is 0 Å². The van der Waals surface area contributed by atoms with Gasteiger partial charge in [0.1, 0.15) is 11.4 Å². The number of carbonyl (C=O) groups excluding carboxylic acids is 1. The maximum absolute atomic E-state index is 13.4. The summed E-state index contributed by atoms with van der Waals surface area (Å²) < 4.78 is 34.3. The minimum atomic E-state index is -3.79. The van der Waals surface area contributed by atoms with Gasteiger partial charge < -0.3 is 14.5 Å². The Morgan fingerprint density at radius 3 is 2.44 bits per heavy atom. The Hall–Kier alpha value is -2.59. The highest BCUT2D eigenvalue weighted by Gasteiger charge is 2.32. The highest BCUT2D eigenvalue weighted by molar-refractivity contribution is 9.10. The first kappa shape index (κ1) is 24.5. The van der Waals surface area contributed by atoms with E-state index in [0.717, 1.165) is 10.9 Å². The van der Waals surface area contributed by atoms with E-state index in [1.54, 1.807) is 47.6 Å². The molecule has 1 atom stereocenters. The topological polar surface area (TPSA) is 84.7 Å². The van der Waals surface area contributed by atoms with Gasteiger partial charge >= 0.3 is 6.09 Å². The van der Waals surface area contributed by atoms with Crippen molar-refractivity contribution in [2.45, 2.75) is 51.2 Å². The van der Waals surface area contributed by atoms with Crippen LogP contribution in [-0.2, 0) is 14.8 Å². The fraction of sp³-hybridized carbons (Fsp3) is 0.417. The molecule has 0 aliphatic carbocycles. The second kappa shape index (κ2) is 8.88. The summed E-state index contributed by atoms with van der Waals surface area (Å²) in [6.07, 6.45) is 2.87. The standard InChI is InChI=1S/C24H29BrN4O4S/c1-16-6-8-18(9-7-16)34(31,32)29-15-19(25)21-20(29)10-11-26-22(21)28-13-12-27(14-17(28)2)23(30)33-24(3,4)5/h6-11,15,17H,12-14H2,1-5H3. The zero-order chi connectivity index (χ0) is 24.8. The average Bonchev–Trinajstić information content (AvgIpc) is 3.10. The van der Waals surface area contributed by atoms with Crippen LogP contribution in [0.2, 0.25) is 0 Å². The third-order valence-corrected chi connectivity index (χ3v) is 8.03. The van der Waals surface area contributed by atoms with E-state index < -0.39 is 15.6 Å². The number of aromatic nitrogens is 2. The Bertz CT molecular complexity index is 1330. The van der Waals surface area contributed by atoms with E-state index in [-0.39, 0.29) is 17.0 Å². The van der Waals surface area contributed by atoms with Crippen molar-refractivity contribution in [3.8, 4) is 0 Å². The minimum Gasteiger partial charge on any atom is -0.444 e. The molecule has 1 aliphatic rings. The van der Waals surface area contributed by atoms with E-state index in [0.29, 0.717) is 35.4 Å². The molecule has 182 valence electrons. The number of hydrogen-bond donors (Lipinski definition) is 0. The molecule has 0 bridgehead atoms. The van der Waals surface area contributed by atoms with Crippen LogP contribution in [0.25, 0.3) is 10.9 Å². The summed E-state index contributed by atoms with van der Waals surface area (Å²) in [4.78, 5) is 21.2. The van der Waals surface area contributed by atoms with Crippen LogP contribution >= 0.6 is 15.9 Å². The lowest BCUT2D eigenvalue weighted by atomic mass is 10.1. The summed E-state index contributed by atoms with van der Waals surface area (Å²) in [7, 11) is -3.79. The Labute approximate surface area is 208 Å². The highest BCUT2D eigenvalue weighted by Crippen LogP contribution is 2.36. The van der Waals surface area contributed by atoms with Crippen LogP contribution in [0.1, 0.15) is 33.3 Å². The summed E-state index contributed by atoms with van der Waals surface area (Å²) >= 11 is 3.56. The number of halogens is 1. The monoisotopic (exact) mass is 548 g/mol. The number of ether oxygens (including phenoxy) is 1. The van der Waals surface area contributed by atoms with Crippen molar-refractivity contribution < 1.29 is 17.9 Å². The number of rotatable bonds is 3. The van der Waals surface area contributed by atoms with Gasteiger partial charge in [-0.05, 0) is 68.7 Å². The van der Waals surface area contributed by atoms with E-state index >= 15 is 0 Å². The van der Waals surface area contributed by atoms with Gasteiger partial charge in [0.15, 0.2) is 0 Å². The number of nitrogens with zero attached hydrogens (tertiary/aromatic N) is 4. The Kier molecular flexibility index (Phi) is 6.41. The van der Waals surface area contributed by atoms with Crippen LogP contribution < -0.4 is 4.90 Å². The SMILES string of the molecule is Cc1ccc(S(=O)(=O)n2cc(Br)c3c(N4CCN(C(=O)OC(C)(C)C)CC4C)nccc32)cc1. The second-order valence-corrected chi connectivity index (χ2v) is 12.3. The van der Waals surface area contributed by atoms with Gasteiger partial charge in [-0.15, -0.1) is 0 Å². The number of amides is 1. The lowest BCUT2D eigenvalue weighted by Gasteiger charge is -2.41. The fourth-order valence-electron chi connectivity index (χ4n) is 4.10. The summed E-state index contributed by atoms with van der Waals surface area (Å²) in [5, 5.41) is 0.718. The molecule has 34 heavy (non-hydrogen) atoms. The molecule has 0 N–H and O–H groups in total. The summed E-state index contributed by atoms with van der Waals surface area (Å²) in [5.41, 5.74) is 0.976. The van der Waals surface area contributed by atoms with Gasteiger partial charge in [-0.2, -0.15) is 0 Å². The molecule has 1 aliphatic heterocycles. The van der Waals surface area contributed by atoms with Crippen LogP contribution in [0.3, 0.4) is 0 Å². The van der Waals surface area contributed by atoms with Crippen molar-refractivity contribution in [3.63, 3.8) is 0 Å². The van der Waals surface area contributed by atoms with Crippen molar-refractivity contribution in [1.29, 1.82) is 0 Å². The first-order valence-electron chi connectivity index (χ1n) is 11.1. The average molecular weight is 549 g/mol. The molecule has 1 unspecified atom stereocenters. The molecule has 1 amide bonds. The summed E-state index contributed by atoms with van der Waals surface area (Å²) in [6, 6.07) is 8.47. The zero-order valence-corrected chi connectivity index (χ0v) is 22.4. The number of carbonyl (C=O) groups is 1.